The van der Waals surface area contributed by atoms with E-state index < -0.39 is 5.67 Å². The highest BCUT2D eigenvalue weighted by Gasteiger charge is 2.40. The summed E-state index contributed by atoms with van der Waals surface area (Å²) in [5, 5.41) is 0. The molecule has 2 saturated heterocycles. The monoisotopic (exact) mass is 291 g/mol. The number of hydrogen-bond donors (Lipinski definition) is 0. The predicted octanol–water partition coefficient (Wildman–Crippen LogP) is 2.12. The minimum atomic E-state index is -1.43. The molecule has 2 unspecified atom stereocenters. The fraction of sp³-hybridized carbons (Fsp3) is 0.625. The number of hydrogen-bond acceptors (Lipinski definition) is 3. The quantitative estimate of drug-likeness (QED) is 0.800. The summed E-state index contributed by atoms with van der Waals surface area (Å²) in [6.07, 6.45) is 0.942. The summed E-state index contributed by atoms with van der Waals surface area (Å²) >= 11 is 0. The highest BCUT2D eigenvalue weighted by molar-refractivity contribution is 5.49. The first-order valence-electron chi connectivity index (χ1n) is 7.49. The molecule has 1 aromatic rings. The number of carbonyl (C=O) groups excluding carboxylic acids is 1. The number of fused-ring (bicyclic) bond motifs is 1. The van der Waals surface area contributed by atoms with E-state index in [1.807, 2.05) is 24.0 Å². The Morgan fingerprint density at radius 3 is 2.38 bits per heavy atom. The number of pyridine rings is 1. The molecule has 0 radical (unpaired) electrons. The van der Waals surface area contributed by atoms with Gasteiger partial charge < -0.3 is 9.80 Å². The van der Waals surface area contributed by atoms with Gasteiger partial charge in [0, 0.05) is 38.0 Å². The van der Waals surface area contributed by atoms with Gasteiger partial charge in [0.05, 0.1) is 5.69 Å². The first kappa shape index (κ1) is 14.3. The van der Waals surface area contributed by atoms with E-state index in [9.17, 15) is 9.18 Å². The lowest BCUT2D eigenvalue weighted by molar-refractivity contribution is -0.117. The van der Waals surface area contributed by atoms with Crippen molar-refractivity contribution in [1.29, 1.82) is 0 Å². The van der Waals surface area contributed by atoms with Crippen LogP contribution in [0.4, 0.5) is 10.2 Å². The van der Waals surface area contributed by atoms with E-state index in [4.69, 9.17) is 0 Å². The summed E-state index contributed by atoms with van der Waals surface area (Å²) in [6.45, 7) is 8.52. The lowest BCUT2D eigenvalue weighted by Crippen LogP contribution is -2.29. The lowest BCUT2D eigenvalue weighted by atomic mass is 10.0. The van der Waals surface area contributed by atoms with Gasteiger partial charge in [0.2, 0.25) is 6.41 Å². The van der Waals surface area contributed by atoms with Gasteiger partial charge in [0.15, 0.2) is 0 Å². The largest absolute Gasteiger partial charge is 0.356 e. The van der Waals surface area contributed by atoms with Crippen molar-refractivity contribution in [3.8, 4) is 0 Å². The maximum Gasteiger partial charge on any atom is 0.209 e. The number of carbonyl (C=O) groups is 1. The Hall–Kier alpha value is -1.65. The number of likely N-dealkylation sites (tertiary alicyclic amines) is 1. The zero-order chi connectivity index (χ0) is 15.2. The van der Waals surface area contributed by atoms with Crippen molar-refractivity contribution in [3.05, 3.63) is 23.4 Å². The molecule has 1 aromatic heterocycles. The molecule has 2 fully saturated rings. The Morgan fingerprint density at radius 1 is 1.24 bits per heavy atom. The fourth-order valence-corrected chi connectivity index (χ4v) is 3.42. The number of anilines is 1. The molecule has 3 heterocycles. The molecule has 0 bridgehead atoms. The maximum absolute atomic E-state index is 14.2. The van der Waals surface area contributed by atoms with E-state index >= 15 is 0 Å². The summed E-state index contributed by atoms with van der Waals surface area (Å²) in [6, 6.07) is 3.84. The molecule has 0 saturated carbocycles. The van der Waals surface area contributed by atoms with Gasteiger partial charge in [-0.25, -0.2) is 9.37 Å². The topological polar surface area (TPSA) is 36.4 Å². The summed E-state index contributed by atoms with van der Waals surface area (Å²) < 4.78 is 14.2. The second-order valence-corrected chi connectivity index (χ2v) is 6.84. The van der Waals surface area contributed by atoms with Gasteiger partial charge in [0.1, 0.15) is 11.5 Å². The Morgan fingerprint density at radius 2 is 1.86 bits per heavy atom. The van der Waals surface area contributed by atoms with Gasteiger partial charge in [-0.3, -0.25) is 4.79 Å². The molecule has 5 heteroatoms. The van der Waals surface area contributed by atoms with Gasteiger partial charge in [-0.05, 0) is 38.5 Å². The first-order valence-corrected chi connectivity index (χ1v) is 7.49. The van der Waals surface area contributed by atoms with E-state index in [1.54, 1.807) is 13.8 Å². The second-order valence-electron chi connectivity index (χ2n) is 6.84. The van der Waals surface area contributed by atoms with E-state index in [2.05, 4.69) is 9.88 Å². The third kappa shape index (κ3) is 2.74. The van der Waals surface area contributed by atoms with Crippen LogP contribution in [0.1, 0.15) is 25.1 Å². The van der Waals surface area contributed by atoms with Crippen LogP contribution < -0.4 is 4.90 Å². The van der Waals surface area contributed by atoms with E-state index in [0.717, 1.165) is 44.0 Å². The van der Waals surface area contributed by atoms with Crippen LogP contribution in [0.5, 0.6) is 0 Å². The highest BCUT2D eigenvalue weighted by atomic mass is 19.1. The fourth-order valence-electron chi connectivity index (χ4n) is 3.42. The summed E-state index contributed by atoms with van der Waals surface area (Å²) in [5.41, 5.74) is 0.0985. The molecule has 2 aliphatic rings. The molecular formula is C16H22FN3O. The van der Waals surface area contributed by atoms with Crippen molar-refractivity contribution in [2.75, 3.05) is 31.1 Å². The van der Waals surface area contributed by atoms with E-state index in [1.165, 1.54) is 0 Å². The molecule has 0 aliphatic carbocycles. The van der Waals surface area contributed by atoms with Gasteiger partial charge in [-0.1, -0.05) is 0 Å². The molecule has 4 nitrogen and oxygen atoms in total. The van der Waals surface area contributed by atoms with Gasteiger partial charge in [-0.2, -0.15) is 0 Å². The van der Waals surface area contributed by atoms with Crippen LogP contribution in [0.2, 0.25) is 0 Å². The second kappa shape index (κ2) is 4.97. The van der Waals surface area contributed by atoms with Crippen molar-refractivity contribution < 1.29 is 9.18 Å². The van der Waals surface area contributed by atoms with Crippen LogP contribution in [0.25, 0.3) is 0 Å². The number of aromatic nitrogens is 1. The van der Waals surface area contributed by atoms with E-state index in [-0.39, 0.29) is 0 Å². The average Bonchev–Trinajstić information content (AvgIpc) is 2.94. The number of nitrogens with zero attached hydrogens (tertiary/aromatic N) is 3. The number of aryl methyl sites for hydroxylation is 1. The Kier molecular flexibility index (Phi) is 3.38. The minimum Gasteiger partial charge on any atom is -0.356 e. The molecular weight excluding hydrogens is 269 g/mol. The molecule has 21 heavy (non-hydrogen) atoms. The highest BCUT2D eigenvalue weighted by Crippen LogP contribution is 2.34. The van der Waals surface area contributed by atoms with Crippen LogP contribution in [-0.4, -0.2) is 42.5 Å². The number of amides is 1. The van der Waals surface area contributed by atoms with Crippen LogP contribution in [0, 0.1) is 18.8 Å². The smallest absolute Gasteiger partial charge is 0.209 e. The molecule has 0 N–H and O–H groups in total. The molecule has 3 rings (SSSR count). The average molecular weight is 291 g/mol. The maximum atomic E-state index is 14.2. The SMILES string of the molecule is Cc1cc(N2CC3CN(C=O)CC3C2)nc(C(C)(C)F)c1. The molecule has 114 valence electrons. The molecule has 0 spiro atoms. The Labute approximate surface area is 125 Å². The number of halogens is 1. The number of alkyl halides is 1. The number of rotatable bonds is 3. The Balaban J connectivity index is 1.80. The van der Waals surface area contributed by atoms with Gasteiger partial charge >= 0.3 is 0 Å². The van der Waals surface area contributed by atoms with E-state index in [0.29, 0.717) is 17.5 Å². The van der Waals surface area contributed by atoms with Gasteiger partial charge in [-0.15, -0.1) is 0 Å². The molecule has 2 atom stereocenters. The summed E-state index contributed by atoms with van der Waals surface area (Å²) in [7, 11) is 0. The lowest BCUT2D eigenvalue weighted by Gasteiger charge is -2.23. The Bertz CT molecular complexity index is 541. The normalized spacial score (nSPS) is 25.3. The van der Waals surface area contributed by atoms with Crippen molar-refractivity contribution in [2.45, 2.75) is 26.4 Å². The third-order valence-electron chi connectivity index (χ3n) is 4.55. The van der Waals surface area contributed by atoms with Crippen LogP contribution >= 0.6 is 0 Å². The van der Waals surface area contributed by atoms with Crippen molar-refractivity contribution in [3.63, 3.8) is 0 Å². The molecule has 0 aromatic carbocycles. The molecule has 2 aliphatic heterocycles. The third-order valence-corrected chi connectivity index (χ3v) is 4.55. The van der Waals surface area contributed by atoms with Crippen molar-refractivity contribution >= 4 is 12.2 Å². The van der Waals surface area contributed by atoms with Crippen molar-refractivity contribution in [1.82, 2.24) is 9.88 Å². The standard InChI is InChI=1S/C16H22FN3O/c1-11-4-14(16(2,3)17)18-15(5-11)20-8-12-6-19(10-21)7-13(12)9-20/h4-5,10,12-13H,6-9H2,1-3H3. The zero-order valence-corrected chi connectivity index (χ0v) is 12.8. The first-order chi connectivity index (χ1) is 9.86. The summed E-state index contributed by atoms with van der Waals surface area (Å²) in [5.74, 6) is 1.89. The molecule has 1 amide bonds. The van der Waals surface area contributed by atoms with Crippen LogP contribution in [-0.2, 0) is 10.5 Å². The minimum absolute atomic E-state index is 0.490. The van der Waals surface area contributed by atoms with Gasteiger partial charge in [0.25, 0.3) is 0 Å². The predicted molar refractivity (Wildman–Crippen MR) is 79.9 cm³/mol. The summed E-state index contributed by atoms with van der Waals surface area (Å²) in [4.78, 5) is 19.5. The zero-order valence-electron chi connectivity index (χ0n) is 12.8. The van der Waals surface area contributed by atoms with Crippen molar-refractivity contribution in [2.24, 2.45) is 11.8 Å². The van der Waals surface area contributed by atoms with Crippen LogP contribution in [0.15, 0.2) is 12.1 Å². The van der Waals surface area contributed by atoms with Crippen LogP contribution in [0.3, 0.4) is 0 Å².